The number of nitrogens with two attached hydrogens (primary N) is 1. The van der Waals surface area contributed by atoms with Crippen LogP contribution >= 0.6 is 0 Å². The van der Waals surface area contributed by atoms with Crippen LogP contribution in [0.15, 0.2) is 42.5 Å². The van der Waals surface area contributed by atoms with Gasteiger partial charge in [0.2, 0.25) is 5.91 Å². The maximum Gasteiger partial charge on any atom is 0.279 e. The van der Waals surface area contributed by atoms with Gasteiger partial charge in [-0.25, -0.2) is 0 Å². The molecule has 0 fully saturated rings. The number of hydrogen-bond donors (Lipinski definition) is 1. The van der Waals surface area contributed by atoms with Gasteiger partial charge in [0.15, 0.2) is 0 Å². The van der Waals surface area contributed by atoms with Crippen LogP contribution in [0.25, 0.3) is 0 Å². The molecule has 0 unspecified atom stereocenters. The van der Waals surface area contributed by atoms with Gasteiger partial charge in [-0.1, -0.05) is 18.2 Å². The Morgan fingerprint density at radius 2 is 1.68 bits per heavy atom. The van der Waals surface area contributed by atoms with Crippen molar-refractivity contribution in [1.29, 1.82) is 0 Å². The Labute approximate surface area is 124 Å². The van der Waals surface area contributed by atoms with Crippen LogP contribution in [0.5, 0.6) is 0 Å². The predicted molar refractivity (Wildman–Crippen MR) is 77.5 cm³/mol. The van der Waals surface area contributed by atoms with Gasteiger partial charge in [0.25, 0.3) is 11.4 Å². The molecule has 2 rings (SSSR count). The Hall–Kier alpha value is -3.29. The van der Waals surface area contributed by atoms with Crippen LogP contribution in [0, 0.1) is 20.2 Å². The number of hydrogen-bond acceptors (Lipinski definition) is 5. The SMILES string of the molecule is NC(=O)c1ccccc1Cc1ccc([N+](=O)[O-])cc1[N+](=O)[O-]. The number of primary amides is 1. The summed E-state index contributed by atoms with van der Waals surface area (Å²) in [5.41, 5.74) is 5.59. The average molecular weight is 301 g/mol. The normalized spacial score (nSPS) is 10.2. The first-order valence-corrected chi connectivity index (χ1v) is 6.19. The zero-order valence-electron chi connectivity index (χ0n) is 11.3. The van der Waals surface area contributed by atoms with E-state index in [0.717, 1.165) is 6.07 Å². The third kappa shape index (κ3) is 3.06. The molecule has 8 nitrogen and oxygen atoms in total. The molecule has 0 aliphatic heterocycles. The zero-order valence-corrected chi connectivity index (χ0v) is 11.3. The maximum absolute atomic E-state index is 11.4. The minimum Gasteiger partial charge on any atom is -0.366 e. The van der Waals surface area contributed by atoms with Gasteiger partial charge in [-0.2, -0.15) is 0 Å². The van der Waals surface area contributed by atoms with E-state index in [-0.39, 0.29) is 28.9 Å². The van der Waals surface area contributed by atoms with Crippen molar-refractivity contribution in [1.82, 2.24) is 0 Å². The first kappa shape index (κ1) is 15.1. The third-order valence-electron chi connectivity index (χ3n) is 3.14. The molecule has 0 atom stereocenters. The Morgan fingerprint density at radius 3 is 2.27 bits per heavy atom. The topological polar surface area (TPSA) is 129 Å². The number of carbonyl (C=O) groups excluding carboxylic acids is 1. The summed E-state index contributed by atoms with van der Waals surface area (Å²) in [7, 11) is 0. The van der Waals surface area contributed by atoms with Gasteiger partial charge in [0.05, 0.1) is 15.9 Å². The highest BCUT2D eigenvalue weighted by Gasteiger charge is 2.20. The lowest BCUT2D eigenvalue weighted by Gasteiger charge is -2.07. The summed E-state index contributed by atoms with van der Waals surface area (Å²) in [6.07, 6.45) is 0.0768. The Bertz CT molecular complexity index is 773. The highest BCUT2D eigenvalue weighted by Crippen LogP contribution is 2.27. The number of nitro groups is 2. The van der Waals surface area contributed by atoms with Crippen LogP contribution in [0.2, 0.25) is 0 Å². The number of carbonyl (C=O) groups is 1. The molecule has 8 heteroatoms. The fourth-order valence-electron chi connectivity index (χ4n) is 2.11. The summed E-state index contributed by atoms with van der Waals surface area (Å²) in [5, 5.41) is 21.8. The van der Waals surface area contributed by atoms with E-state index in [9.17, 15) is 25.0 Å². The van der Waals surface area contributed by atoms with Gasteiger partial charge in [0.1, 0.15) is 0 Å². The first-order valence-electron chi connectivity index (χ1n) is 6.19. The molecular weight excluding hydrogens is 290 g/mol. The van der Waals surface area contributed by atoms with E-state index < -0.39 is 15.8 Å². The summed E-state index contributed by atoms with van der Waals surface area (Å²) in [6.45, 7) is 0. The molecule has 0 bridgehead atoms. The Kier molecular flexibility index (Phi) is 4.12. The second-order valence-electron chi connectivity index (χ2n) is 4.53. The second kappa shape index (κ2) is 6.00. The molecule has 0 saturated carbocycles. The lowest BCUT2D eigenvalue weighted by atomic mass is 9.98. The van der Waals surface area contributed by atoms with Crippen molar-refractivity contribution in [3.8, 4) is 0 Å². The third-order valence-corrected chi connectivity index (χ3v) is 3.14. The monoisotopic (exact) mass is 301 g/mol. The lowest BCUT2D eigenvalue weighted by molar-refractivity contribution is -0.394. The number of amides is 1. The smallest absolute Gasteiger partial charge is 0.279 e. The van der Waals surface area contributed by atoms with Gasteiger partial charge in [-0.05, 0) is 17.7 Å². The fraction of sp³-hybridized carbons (Fsp3) is 0.0714. The van der Waals surface area contributed by atoms with Crippen molar-refractivity contribution >= 4 is 17.3 Å². The quantitative estimate of drug-likeness (QED) is 0.668. The van der Waals surface area contributed by atoms with Crippen LogP contribution < -0.4 is 5.73 Å². The highest BCUT2D eigenvalue weighted by atomic mass is 16.6. The molecule has 22 heavy (non-hydrogen) atoms. The van der Waals surface area contributed by atoms with Crippen LogP contribution in [0.3, 0.4) is 0 Å². The number of nitrogens with zero attached hydrogens (tertiary/aromatic N) is 2. The van der Waals surface area contributed by atoms with Gasteiger partial charge >= 0.3 is 0 Å². The van der Waals surface area contributed by atoms with Crippen molar-refractivity contribution in [2.75, 3.05) is 0 Å². The molecule has 0 aromatic heterocycles. The molecule has 0 spiro atoms. The largest absolute Gasteiger partial charge is 0.366 e. The van der Waals surface area contributed by atoms with E-state index >= 15 is 0 Å². The molecule has 0 aliphatic carbocycles. The molecule has 2 aromatic carbocycles. The first-order chi connectivity index (χ1) is 10.4. The van der Waals surface area contributed by atoms with E-state index in [2.05, 4.69) is 0 Å². The van der Waals surface area contributed by atoms with E-state index in [1.54, 1.807) is 18.2 Å². The molecule has 2 N–H and O–H groups in total. The van der Waals surface area contributed by atoms with Gasteiger partial charge in [-0.15, -0.1) is 0 Å². The molecule has 0 heterocycles. The van der Waals surface area contributed by atoms with E-state index in [4.69, 9.17) is 5.73 Å². The molecule has 1 amide bonds. The van der Waals surface area contributed by atoms with Crippen molar-refractivity contribution < 1.29 is 14.6 Å². The number of nitro benzene ring substituents is 2. The summed E-state index contributed by atoms with van der Waals surface area (Å²) in [6, 6.07) is 9.87. The maximum atomic E-state index is 11.4. The summed E-state index contributed by atoms with van der Waals surface area (Å²) < 4.78 is 0. The highest BCUT2D eigenvalue weighted by molar-refractivity contribution is 5.94. The van der Waals surface area contributed by atoms with Crippen LogP contribution in [-0.2, 0) is 6.42 Å². The van der Waals surface area contributed by atoms with Crippen molar-refractivity contribution in [3.05, 3.63) is 79.4 Å². The molecule has 2 aromatic rings. The fourth-order valence-corrected chi connectivity index (χ4v) is 2.11. The van der Waals surface area contributed by atoms with Gasteiger partial charge < -0.3 is 5.73 Å². The van der Waals surface area contributed by atoms with E-state index in [0.29, 0.717) is 5.56 Å². The minimum absolute atomic E-state index is 0.0768. The summed E-state index contributed by atoms with van der Waals surface area (Å²) in [5.74, 6) is -0.639. The average Bonchev–Trinajstić information content (AvgIpc) is 2.47. The van der Waals surface area contributed by atoms with E-state index in [1.807, 2.05) is 0 Å². The summed E-state index contributed by atoms with van der Waals surface area (Å²) >= 11 is 0. The second-order valence-corrected chi connectivity index (χ2v) is 4.53. The Morgan fingerprint density at radius 1 is 1.00 bits per heavy atom. The van der Waals surface area contributed by atoms with Gasteiger partial charge in [0, 0.05) is 23.6 Å². The van der Waals surface area contributed by atoms with E-state index in [1.165, 1.54) is 18.2 Å². The van der Waals surface area contributed by atoms with Crippen LogP contribution in [0.4, 0.5) is 11.4 Å². The predicted octanol–water partition coefficient (Wildman–Crippen LogP) is 2.19. The molecule has 112 valence electrons. The summed E-state index contributed by atoms with van der Waals surface area (Å²) in [4.78, 5) is 31.8. The van der Waals surface area contributed by atoms with Crippen molar-refractivity contribution in [2.24, 2.45) is 5.73 Å². The standard InChI is InChI=1S/C14H11N3O5/c15-14(18)12-4-2-1-3-9(12)7-10-5-6-11(16(19)20)8-13(10)17(21)22/h1-6,8H,7H2,(H2,15,18). The number of rotatable bonds is 5. The van der Waals surface area contributed by atoms with Crippen molar-refractivity contribution in [2.45, 2.75) is 6.42 Å². The van der Waals surface area contributed by atoms with Crippen LogP contribution in [0.1, 0.15) is 21.5 Å². The number of benzene rings is 2. The minimum atomic E-state index is -0.700. The van der Waals surface area contributed by atoms with Crippen LogP contribution in [-0.4, -0.2) is 15.8 Å². The van der Waals surface area contributed by atoms with Crippen molar-refractivity contribution in [3.63, 3.8) is 0 Å². The number of non-ortho nitro benzene ring substituents is 1. The molecule has 0 saturated heterocycles. The zero-order chi connectivity index (χ0) is 16.3. The molecular formula is C14H11N3O5. The lowest BCUT2D eigenvalue weighted by Crippen LogP contribution is -2.14. The molecule has 0 aliphatic rings. The molecule has 0 radical (unpaired) electrons. The van der Waals surface area contributed by atoms with Gasteiger partial charge in [-0.3, -0.25) is 25.0 Å². The Balaban J connectivity index is 2.48.